The van der Waals surface area contributed by atoms with Crippen LogP contribution in [-0.4, -0.2) is 38.6 Å². The molecule has 1 saturated heterocycles. The van der Waals surface area contributed by atoms with Crippen molar-refractivity contribution in [3.63, 3.8) is 0 Å². The zero-order valence-corrected chi connectivity index (χ0v) is 15.9. The standard InChI is InChI=1S/C21H25N5O/c1-3-26-19(24-18-5-4-11-22-20(18)26)17-10-12-25(14-17)21(27)23-13-16-8-6-15(2)7-9-16/h4-9,11,17H,3,10,12-14H2,1-2H3,(H,23,27)/t17-/m1/s1. The summed E-state index contributed by atoms with van der Waals surface area (Å²) in [4.78, 5) is 23.7. The van der Waals surface area contributed by atoms with Crippen molar-refractivity contribution >= 4 is 17.2 Å². The number of nitrogens with one attached hydrogen (secondary N) is 1. The Balaban J connectivity index is 1.42. The van der Waals surface area contributed by atoms with Crippen molar-refractivity contribution in [1.82, 2.24) is 24.8 Å². The van der Waals surface area contributed by atoms with Crippen molar-refractivity contribution in [3.05, 3.63) is 59.5 Å². The fraction of sp³-hybridized carbons (Fsp3) is 0.381. The van der Waals surface area contributed by atoms with Gasteiger partial charge in [0.1, 0.15) is 11.3 Å². The molecule has 0 unspecified atom stereocenters. The van der Waals surface area contributed by atoms with E-state index in [0.717, 1.165) is 42.1 Å². The molecule has 1 aliphatic heterocycles. The van der Waals surface area contributed by atoms with Gasteiger partial charge in [0.15, 0.2) is 5.65 Å². The van der Waals surface area contributed by atoms with E-state index < -0.39 is 0 Å². The number of hydrogen-bond donors (Lipinski definition) is 1. The van der Waals surface area contributed by atoms with Crippen LogP contribution in [0.5, 0.6) is 0 Å². The van der Waals surface area contributed by atoms with Crippen LogP contribution >= 0.6 is 0 Å². The average molecular weight is 363 g/mol. The molecule has 1 aromatic carbocycles. The number of benzene rings is 1. The highest BCUT2D eigenvalue weighted by atomic mass is 16.2. The number of rotatable bonds is 4. The fourth-order valence-corrected chi connectivity index (χ4v) is 3.75. The Morgan fingerprint density at radius 2 is 2.07 bits per heavy atom. The molecule has 27 heavy (non-hydrogen) atoms. The first-order chi connectivity index (χ1) is 13.2. The van der Waals surface area contributed by atoms with Crippen LogP contribution in [-0.2, 0) is 13.1 Å². The highest BCUT2D eigenvalue weighted by Crippen LogP contribution is 2.29. The van der Waals surface area contributed by atoms with Gasteiger partial charge in [-0.1, -0.05) is 29.8 Å². The molecule has 4 rings (SSSR count). The second-order valence-electron chi connectivity index (χ2n) is 7.14. The van der Waals surface area contributed by atoms with Crippen molar-refractivity contribution < 1.29 is 4.79 Å². The van der Waals surface area contributed by atoms with Crippen LogP contribution in [0.2, 0.25) is 0 Å². The summed E-state index contributed by atoms with van der Waals surface area (Å²) < 4.78 is 2.17. The van der Waals surface area contributed by atoms with Gasteiger partial charge in [-0.25, -0.2) is 14.8 Å². The monoisotopic (exact) mass is 363 g/mol. The number of hydrogen-bond acceptors (Lipinski definition) is 3. The summed E-state index contributed by atoms with van der Waals surface area (Å²) in [5, 5.41) is 3.03. The van der Waals surface area contributed by atoms with E-state index in [-0.39, 0.29) is 11.9 Å². The molecule has 3 heterocycles. The Kier molecular flexibility index (Phi) is 4.79. The zero-order chi connectivity index (χ0) is 18.8. The van der Waals surface area contributed by atoms with Crippen molar-refractivity contribution in [1.29, 1.82) is 0 Å². The number of carbonyl (C=O) groups excluding carboxylic acids is 1. The van der Waals surface area contributed by atoms with Crippen LogP contribution in [0.25, 0.3) is 11.2 Å². The molecule has 2 amide bonds. The lowest BCUT2D eigenvalue weighted by Crippen LogP contribution is -2.38. The number of urea groups is 1. The number of carbonyl (C=O) groups is 1. The van der Waals surface area contributed by atoms with E-state index in [1.165, 1.54) is 5.56 Å². The number of imidazole rings is 1. The number of aryl methyl sites for hydroxylation is 2. The van der Waals surface area contributed by atoms with Crippen LogP contribution in [0.15, 0.2) is 42.6 Å². The molecule has 0 aliphatic carbocycles. The van der Waals surface area contributed by atoms with Crippen LogP contribution in [0.1, 0.15) is 36.2 Å². The first-order valence-electron chi connectivity index (χ1n) is 9.55. The molecule has 1 atom stereocenters. The minimum Gasteiger partial charge on any atom is -0.334 e. The third-order valence-corrected chi connectivity index (χ3v) is 5.25. The highest BCUT2D eigenvalue weighted by Gasteiger charge is 2.30. The quantitative estimate of drug-likeness (QED) is 0.772. The third kappa shape index (κ3) is 3.52. The predicted molar refractivity (Wildman–Crippen MR) is 106 cm³/mol. The van der Waals surface area contributed by atoms with Crippen molar-refractivity contribution in [3.8, 4) is 0 Å². The second-order valence-corrected chi connectivity index (χ2v) is 7.14. The van der Waals surface area contributed by atoms with Gasteiger partial charge in [0.05, 0.1) is 0 Å². The van der Waals surface area contributed by atoms with Crippen LogP contribution in [0.3, 0.4) is 0 Å². The molecule has 3 aromatic rings. The number of pyridine rings is 1. The maximum Gasteiger partial charge on any atom is 0.317 e. The van der Waals surface area contributed by atoms with Gasteiger partial charge in [0, 0.05) is 38.3 Å². The van der Waals surface area contributed by atoms with E-state index >= 15 is 0 Å². The first-order valence-corrected chi connectivity index (χ1v) is 9.55. The normalized spacial score (nSPS) is 16.8. The first kappa shape index (κ1) is 17.5. The minimum atomic E-state index is -0.00430. The maximum absolute atomic E-state index is 12.6. The van der Waals surface area contributed by atoms with Gasteiger partial charge in [0.2, 0.25) is 0 Å². The summed E-state index contributed by atoms with van der Waals surface area (Å²) in [5.74, 6) is 1.30. The highest BCUT2D eigenvalue weighted by molar-refractivity contribution is 5.75. The minimum absolute atomic E-state index is 0.00430. The van der Waals surface area contributed by atoms with Gasteiger partial charge in [0.25, 0.3) is 0 Å². The fourth-order valence-electron chi connectivity index (χ4n) is 3.75. The molecule has 1 N–H and O–H groups in total. The lowest BCUT2D eigenvalue weighted by molar-refractivity contribution is 0.207. The lowest BCUT2D eigenvalue weighted by atomic mass is 10.1. The van der Waals surface area contributed by atoms with E-state index in [1.807, 2.05) is 17.0 Å². The second kappa shape index (κ2) is 7.39. The summed E-state index contributed by atoms with van der Waals surface area (Å²) in [7, 11) is 0. The SMILES string of the molecule is CCn1c([C@@H]2CCN(C(=O)NCc3ccc(C)cc3)C2)nc2cccnc21. The summed E-state index contributed by atoms with van der Waals surface area (Å²) in [5.41, 5.74) is 4.19. The van der Waals surface area contributed by atoms with E-state index in [0.29, 0.717) is 13.1 Å². The molecule has 0 radical (unpaired) electrons. The Morgan fingerprint density at radius 1 is 1.26 bits per heavy atom. The van der Waals surface area contributed by atoms with E-state index in [1.54, 1.807) is 6.20 Å². The Bertz CT molecular complexity index is 947. The Hall–Kier alpha value is -2.89. The molecular weight excluding hydrogens is 338 g/mol. The zero-order valence-electron chi connectivity index (χ0n) is 15.9. The molecule has 0 bridgehead atoms. The topological polar surface area (TPSA) is 63.1 Å². The largest absolute Gasteiger partial charge is 0.334 e. The predicted octanol–water partition coefficient (Wildman–Crippen LogP) is 3.46. The van der Waals surface area contributed by atoms with Gasteiger partial charge in [-0.05, 0) is 38.0 Å². The van der Waals surface area contributed by atoms with Crippen LogP contribution in [0, 0.1) is 6.92 Å². The smallest absolute Gasteiger partial charge is 0.317 e. The number of likely N-dealkylation sites (tertiary alicyclic amines) is 1. The summed E-state index contributed by atoms with van der Waals surface area (Å²) in [6.07, 6.45) is 2.74. The molecule has 6 nitrogen and oxygen atoms in total. The number of aromatic nitrogens is 3. The average Bonchev–Trinajstić information content (AvgIpc) is 3.31. The number of nitrogens with zero attached hydrogens (tertiary/aromatic N) is 4. The van der Waals surface area contributed by atoms with E-state index in [9.17, 15) is 4.79 Å². The van der Waals surface area contributed by atoms with Gasteiger partial charge in [-0.15, -0.1) is 0 Å². The van der Waals surface area contributed by atoms with Crippen molar-refractivity contribution in [2.45, 2.75) is 39.3 Å². The summed E-state index contributed by atoms with van der Waals surface area (Å²) in [6.45, 7) is 7.01. The molecular formula is C21H25N5O. The van der Waals surface area contributed by atoms with Crippen molar-refractivity contribution in [2.24, 2.45) is 0 Å². The van der Waals surface area contributed by atoms with Gasteiger partial charge in [-0.3, -0.25) is 0 Å². The molecule has 6 heteroatoms. The van der Waals surface area contributed by atoms with Gasteiger partial charge < -0.3 is 14.8 Å². The molecule has 2 aromatic heterocycles. The summed E-state index contributed by atoms with van der Waals surface area (Å²) in [6, 6.07) is 12.2. The molecule has 1 aliphatic rings. The Labute approximate surface area is 159 Å². The van der Waals surface area contributed by atoms with Gasteiger partial charge in [-0.2, -0.15) is 0 Å². The van der Waals surface area contributed by atoms with E-state index in [4.69, 9.17) is 4.98 Å². The third-order valence-electron chi connectivity index (χ3n) is 5.25. The van der Waals surface area contributed by atoms with Crippen LogP contribution in [0.4, 0.5) is 4.79 Å². The molecule has 0 spiro atoms. The Morgan fingerprint density at radius 3 is 2.85 bits per heavy atom. The lowest BCUT2D eigenvalue weighted by Gasteiger charge is -2.18. The van der Waals surface area contributed by atoms with Gasteiger partial charge >= 0.3 is 6.03 Å². The molecule has 0 saturated carbocycles. The number of fused-ring (bicyclic) bond motifs is 1. The maximum atomic E-state index is 12.6. The summed E-state index contributed by atoms with van der Waals surface area (Å²) >= 11 is 0. The van der Waals surface area contributed by atoms with E-state index in [2.05, 4.69) is 53.0 Å². The van der Waals surface area contributed by atoms with Crippen LogP contribution < -0.4 is 5.32 Å². The van der Waals surface area contributed by atoms with Crippen molar-refractivity contribution in [2.75, 3.05) is 13.1 Å². The number of amides is 2. The molecule has 140 valence electrons. The molecule has 1 fully saturated rings.